The molecule has 370 valence electrons. The molecule has 4 N–H and O–H groups in total. The highest BCUT2D eigenvalue weighted by atomic mass is 16.2. The van der Waals surface area contributed by atoms with Gasteiger partial charge in [0.15, 0.2) is 0 Å². The lowest BCUT2D eigenvalue weighted by Gasteiger charge is -2.43. The molecular weight excluding hydrogens is 845 g/mol. The highest BCUT2D eigenvalue weighted by Crippen LogP contribution is 2.45. The van der Waals surface area contributed by atoms with Gasteiger partial charge in [-0.25, -0.2) is 19.9 Å². The number of ketones is 1. The molecule has 68 heavy (non-hydrogen) atoms. The van der Waals surface area contributed by atoms with E-state index in [-0.39, 0.29) is 53.6 Å². The van der Waals surface area contributed by atoms with E-state index in [9.17, 15) is 14.4 Å². The zero-order chi connectivity index (χ0) is 48.6. The summed E-state index contributed by atoms with van der Waals surface area (Å²) in [5.41, 5.74) is 4.30. The van der Waals surface area contributed by atoms with Crippen LogP contribution in [0.2, 0.25) is 0 Å². The summed E-state index contributed by atoms with van der Waals surface area (Å²) in [5.74, 6) is 6.53. The number of carbonyl (C=O) groups excluding carboxylic acids is 3. The Morgan fingerprint density at radius 3 is 1.46 bits per heavy atom. The van der Waals surface area contributed by atoms with E-state index in [2.05, 4.69) is 128 Å². The Hall–Kier alpha value is -4.67. The van der Waals surface area contributed by atoms with Crippen molar-refractivity contribution in [1.82, 2.24) is 30.6 Å². The average Bonchev–Trinajstić information content (AvgIpc) is 3.30. The van der Waals surface area contributed by atoms with E-state index in [1.165, 1.54) is 56.1 Å². The Morgan fingerprint density at radius 1 is 0.603 bits per heavy atom. The molecule has 4 saturated carbocycles. The number of rotatable bonds is 16. The summed E-state index contributed by atoms with van der Waals surface area (Å²) in [6.45, 7) is 20.1. The van der Waals surface area contributed by atoms with Gasteiger partial charge < -0.3 is 21.3 Å². The first-order valence-corrected chi connectivity index (χ1v) is 26.6. The first kappa shape index (κ1) is 51.2. The number of carbonyl (C=O) groups is 3. The van der Waals surface area contributed by atoms with Crippen LogP contribution in [0.5, 0.6) is 0 Å². The van der Waals surface area contributed by atoms with Gasteiger partial charge in [0.2, 0.25) is 11.8 Å². The van der Waals surface area contributed by atoms with Crippen molar-refractivity contribution in [3.05, 3.63) is 60.2 Å². The molecule has 0 radical (unpaired) electrons. The lowest BCUT2D eigenvalue weighted by atomic mass is 9.65. The number of amides is 2. The fraction of sp³-hybridized carbons (Fsp3) is 0.667. The van der Waals surface area contributed by atoms with Crippen molar-refractivity contribution >= 4 is 51.0 Å². The number of aromatic nitrogens is 4. The van der Waals surface area contributed by atoms with Crippen LogP contribution in [0.3, 0.4) is 0 Å². The number of hydrogen-bond donors (Lipinski definition) is 4. The van der Waals surface area contributed by atoms with Gasteiger partial charge >= 0.3 is 0 Å². The Morgan fingerprint density at radius 2 is 1.04 bits per heavy atom. The number of hydrogen-bond acceptors (Lipinski definition) is 9. The van der Waals surface area contributed by atoms with Crippen molar-refractivity contribution in [2.75, 3.05) is 23.7 Å². The third kappa shape index (κ3) is 13.3. The molecule has 1 unspecified atom stereocenters. The van der Waals surface area contributed by atoms with E-state index >= 15 is 0 Å². The molecule has 2 heterocycles. The SMILES string of the molecule is CCC(C)C(=O)C1CCC(C2CC(NC(=O)CNc3ncnc4ccc(C(C)(C)C)cc34)C2)CC1.CCCCC1CCC(C2CC(NC(=O)CNc3ncnc4ccc(C(C)(C)C)cc34)C2)CC1. The summed E-state index contributed by atoms with van der Waals surface area (Å²) in [7, 11) is 0. The van der Waals surface area contributed by atoms with Crippen molar-refractivity contribution in [3.8, 4) is 0 Å². The predicted octanol–water partition coefficient (Wildman–Crippen LogP) is 11.9. The molecule has 4 aliphatic rings. The van der Waals surface area contributed by atoms with Crippen LogP contribution < -0.4 is 21.3 Å². The molecule has 2 amide bonds. The number of benzene rings is 2. The van der Waals surface area contributed by atoms with Crippen LogP contribution in [-0.2, 0) is 25.2 Å². The molecule has 0 spiro atoms. The van der Waals surface area contributed by atoms with E-state index in [0.717, 1.165) is 103 Å². The van der Waals surface area contributed by atoms with Crippen molar-refractivity contribution < 1.29 is 14.4 Å². The van der Waals surface area contributed by atoms with E-state index in [1.54, 1.807) is 12.7 Å². The number of anilines is 2. The lowest BCUT2D eigenvalue weighted by molar-refractivity contribution is -0.128. The van der Waals surface area contributed by atoms with Crippen molar-refractivity contribution in [2.45, 2.75) is 188 Å². The van der Waals surface area contributed by atoms with Crippen LogP contribution >= 0.6 is 0 Å². The standard InChI is InChI=1S/C29H42N4O2.C28H42N4O/c1-6-18(2)27(35)20-9-7-19(8-10-20)21-13-23(14-21)33-26(34)16-30-28-24-15-22(29(3,4)5)11-12-25(24)31-17-32-28;1-5-6-7-19-8-10-20(11-9-19)21-14-23(15-21)32-26(33)17-29-27-24-16-22(28(2,3)4)12-13-25(24)30-18-31-27/h11-12,15,17-21,23H,6-10,13-14,16H2,1-5H3,(H,33,34)(H,30,31,32);12-13,16,18-21,23H,5-11,14-15,17H2,1-4H3,(H,32,33)(H,29,30,31). The highest BCUT2D eigenvalue weighted by Gasteiger charge is 2.39. The molecule has 2 aromatic heterocycles. The van der Waals surface area contributed by atoms with Gasteiger partial charge in [-0.2, -0.15) is 0 Å². The fourth-order valence-electron chi connectivity index (χ4n) is 11.5. The number of fused-ring (bicyclic) bond motifs is 2. The molecule has 4 aliphatic carbocycles. The summed E-state index contributed by atoms with van der Waals surface area (Å²) < 4.78 is 0. The predicted molar refractivity (Wildman–Crippen MR) is 278 cm³/mol. The molecular formula is C57H84N8O3. The van der Waals surface area contributed by atoms with Crippen molar-refractivity contribution in [2.24, 2.45) is 41.4 Å². The van der Waals surface area contributed by atoms with Crippen LogP contribution in [0.1, 0.15) is 176 Å². The maximum atomic E-state index is 12.6. The van der Waals surface area contributed by atoms with Crippen LogP contribution in [-0.4, -0.2) is 62.7 Å². The third-order valence-electron chi connectivity index (χ3n) is 16.4. The summed E-state index contributed by atoms with van der Waals surface area (Å²) in [6.07, 6.45) is 22.7. The van der Waals surface area contributed by atoms with E-state index in [1.807, 2.05) is 12.1 Å². The van der Waals surface area contributed by atoms with Crippen molar-refractivity contribution in [3.63, 3.8) is 0 Å². The van der Waals surface area contributed by atoms with Gasteiger partial charge in [0.1, 0.15) is 30.1 Å². The summed E-state index contributed by atoms with van der Waals surface area (Å²) in [6, 6.07) is 13.2. The van der Waals surface area contributed by atoms with Crippen LogP contribution in [0, 0.1) is 41.4 Å². The Bertz CT molecular complexity index is 2310. The average molecular weight is 929 g/mol. The van der Waals surface area contributed by atoms with Gasteiger partial charge in [0, 0.05) is 34.7 Å². The van der Waals surface area contributed by atoms with Crippen LogP contribution in [0.15, 0.2) is 49.1 Å². The molecule has 0 bridgehead atoms. The first-order valence-electron chi connectivity index (χ1n) is 26.6. The maximum Gasteiger partial charge on any atom is 0.239 e. The number of Topliss-reactive ketones (excluding diaryl/α,β-unsaturated/α-hetero) is 1. The minimum absolute atomic E-state index is 0.00930. The second kappa shape index (κ2) is 22.8. The van der Waals surface area contributed by atoms with Gasteiger partial charge in [-0.15, -0.1) is 0 Å². The van der Waals surface area contributed by atoms with Crippen LogP contribution in [0.25, 0.3) is 21.8 Å². The summed E-state index contributed by atoms with van der Waals surface area (Å²) in [4.78, 5) is 55.3. The maximum absolute atomic E-state index is 12.6. The minimum Gasteiger partial charge on any atom is -0.360 e. The second-order valence-corrected chi connectivity index (χ2v) is 23.4. The largest absolute Gasteiger partial charge is 0.360 e. The molecule has 4 aromatic rings. The number of unbranched alkanes of at least 4 members (excludes halogenated alkanes) is 1. The normalized spacial score (nSPS) is 25.5. The minimum atomic E-state index is 0.00930. The molecule has 0 aliphatic heterocycles. The second-order valence-electron chi connectivity index (χ2n) is 23.4. The summed E-state index contributed by atoms with van der Waals surface area (Å²) >= 11 is 0. The molecule has 4 fully saturated rings. The molecule has 0 saturated heterocycles. The topological polar surface area (TPSA) is 151 Å². The highest BCUT2D eigenvalue weighted by molar-refractivity contribution is 5.92. The van der Waals surface area contributed by atoms with Gasteiger partial charge in [-0.1, -0.05) is 107 Å². The van der Waals surface area contributed by atoms with E-state index in [0.29, 0.717) is 29.5 Å². The third-order valence-corrected chi connectivity index (χ3v) is 16.4. The zero-order valence-corrected chi connectivity index (χ0v) is 43.1. The smallest absolute Gasteiger partial charge is 0.239 e. The quantitative estimate of drug-likeness (QED) is 0.0861. The fourth-order valence-corrected chi connectivity index (χ4v) is 11.5. The Labute approximate surface area is 407 Å². The Balaban J connectivity index is 0.000000202. The number of nitrogens with zero attached hydrogens (tertiary/aromatic N) is 4. The lowest BCUT2D eigenvalue weighted by Crippen LogP contribution is -2.48. The number of nitrogens with one attached hydrogen (secondary N) is 4. The molecule has 11 nitrogen and oxygen atoms in total. The molecule has 8 rings (SSSR count). The van der Waals surface area contributed by atoms with Gasteiger partial charge in [-0.05, 0) is 146 Å². The monoisotopic (exact) mass is 929 g/mol. The summed E-state index contributed by atoms with van der Waals surface area (Å²) in [5, 5.41) is 14.8. The molecule has 11 heteroatoms. The van der Waals surface area contributed by atoms with Gasteiger partial charge in [-0.3, -0.25) is 14.4 Å². The first-order chi connectivity index (χ1) is 32.5. The van der Waals surface area contributed by atoms with Crippen LogP contribution in [0.4, 0.5) is 11.6 Å². The molecule has 2 aromatic carbocycles. The van der Waals surface area contributed by atoms with E-state index < -0.39 is 0 Å². The zero-order valence-electron chi connectivity index (χ0n) is 43.1. The van der Waals surface area contributed by atoms with Gasteiger partial charge in [0.25, 0.3) is 0 Å². The molecule has 1 atom stereocenters. The van der Waals surface area contributed by atoms with Gasteiger partial charge in [0.05, 0.1) is 24.1 Å². The Kier molecular flexibility index (Phi) is 17.2. The van der Waals surface area contributed by atoms with E-state index in [4.69, 9.17) is 0 Å². The van der Waals surface area contributed by atoms with Crippen molar-refractivity contribution in [1.29, 1.82) is 0 Å².